The van der Waals surface area contributed by atoms with Crippen LogP contribution in [0.25, 0.3) is 0 Å². The van der Waals surface area contributed by atoms with Gasteiger partial charge in [-0.25, -0.2) is 8.42 Å². The average Bonchev–Trinajstić information content (AvgIpc) is 1.61. The lowest BCUT2D eigenvalue weighted by molar-refractivity contribution is 0.612. The molecule has 3 nitrogen and oxygen atoms in total. The zero-order valence-corrected chi connectivity index (χ0v) is 4.86. The Morgan fingerprint density at radius 1 is 1.43 bits per heavy atom. The fraction of sp³-hybridized carbons (Fsp3) is 1.00. The second kappa shape index (κ2) is 4.08. The molecule has 0 fully saturated rings. The summed E-state index contributed by atoms with van der Waals surface area (Å²) in [7, 11) is -2.19. The maximum absolute atomic E-state index is 9.74. The van der Waals surface area contributed by atoms with Gasteiger partial charge < -0.3 is 5.73 Å². The molecule has 0 aliphatic rings. The van der Waals surface area contributed by atoms with Crippen LogP contribution < -0.4 is 5.73 Å². The van der Waals surface area contributed by atoms with Crippen LogP contribution in [0.5, 0.6) is 0 Å². The lowest BCUT2D eigenvalue weighted by Crippen LogP contribution is -2.01. The van der Waals surface area contributed by atoms with Gasteiger partial charge in [0, 0.05) is 5.75 Å². The van der Waals surface area contributed by atoms with E-state index < -0.39 is 10.7 Å². The van der Waals surface area contributed by atoms with Gasteiger partial charge in [-0.2, -0.15) is 0 Å². The first kappa shape index (κ1) is 6.91. The third-order valence-corrected chi connectivity index (χ3v) is 1.23. The highest BCUT2D eigenvalue weighted by Crippen LogP contribution is 1.71. The quantitative estimate of drug-likeness (QED) is 0.471. The van der Waals surface area contributed by atoms with E-state index in [9.17, 15) is 8.42 Å². The Morgan fingerprint density at radius 3 is 2.14 bits per heavy atom. The van der Waals surface area contributed by atoms with Gasteiger partial charge in [0.2, 0.25) is 0 Å². The van der Waals surface area contributed by atoms with Gasteiger partial charge in [0.1, 0.15) is 10.7 Å². The Kier molecular flexibility index (Phi) is 4.03. The van der Waals surface area contributed by atoms with Gasteiger partial charge in [0.05, 0.1) is 0 Å². The standard InChI is InChI=1S/C3H9NO2S/c4-2-1-3-7(5)6/h7H,1-4H2. The Hall–Kier alpha value is -0.0900. The Labute approximate surface area is 44.5 Å². The molecule has 0 rings (SSSR count). The summed E-state index contributed by atoms with van der Waals surface area (Å²) >= 11 is 0. The SMILES string of the molecule is NCCC[SH](=O)=O. The minimum absolute atomic E-state index is 0.228. The van der Waals surface area contributed by atoms with Crippen LogP contribution in [-0.2, 0) is 10.7 Å². The van der Waals surface area contributed by atoms with Crippen molar-refractivity contribution in [2.24, 2.45) is 5.73 Å². The molecule has 7 heavy (non-hydrogen) atoms. The monoisotopic (exact) mass is 123 g/mol. The van der Waals surface area contributed by atoms with E-state index in [-0.39, 0.29) is 5.75 Å². The first-order chi connectivity index (χ1) is 3.27. The van der Waals surface area contributed by atoms with Crippen LogP contribution in [0.15, 0.2) is 0 Å². The average molecular weight is 123 g/mol. The summed E-state index contributed by atoms with van der Waals surface area (Å²) in [4.78, 5) is 0. The third kappa shape index (κ3) is 5.91. The van der Waals surface area contributed by atoms with E-state index >= 15 is 0 Å². The Morgan fingerprint density at radius 2 is 2.00 bits per heavy atom. The number of nitrogens with two attached hydrogens (primary N) is 1. The van der Waals surface area contributed by atoms with Crippen LogP contribution in [0.3, 0.4) is 0 Å². The summed E-state index contributed by atoms with van der Waals surface area (Å²) in [5, 5.41) is 0. The summed E-state index contributed by atoms with van der Waals surface area (Å²) < 4.78 is 19.5. The fourth-order valence-corrected chi connectivity index (χ4v) is 0.661. The molecule has 0 aliphatic carbocycles. The zero-order chi connectivity index (χ0) is 5.70. The molecule has 0 spiro atoms. The van der Waals surface area contributed by atoms with E-state index in [0.717, 1.165) is 0 Å². The lowest BCUT2D eigenvalue weighted by Gasteiger charge is -1.81. The molecule has 0 aromatic heterocycles. The summed E-state index contributed by atoms with van der Waals surface area (Å²) in [6, 6.07) is 0. The van der Waals surface area contributed by atoms with Crippen molar-refractivity contribution in [3.8, 4) is 0 Å². The van der Waals surface area contributed by atoms with Gasteiger partial charge in [-0.15, -0.1) is 0 Å². The molecule has 0 saturated carbocycles. The molecule has 0 unspecified atom stereocenters. The summed E-state index contributed by atoms with van der Waals surface area (Å²) in [5.74, 6) is 0.228. The van der Waals surface area contributed by atoms with Crippen molar-refractivity contribution in [2.75, 3.05) is 12.3 Å². The molecule has 0 amide bonds. The number of hydrogen-bond acceptors (Lipinski definition) is 3. The number of thiol groups is 1. The molecule has 0 radical (unpaired) electrons. The van der Waals surface area contributed by atoms with Crippen molar-refractivity contribution in [3.63, 3.8) is 0 Å². The predicted molar refractivity (Wildman–Crippen MR) is 28.9 cm³/mol. The van der Waals surface area contributed by atoms with Crippen molar-refractivity contribution in [1.82, 2.24) is 0 Å². The maximum Gasteiger partial charge on any atom is 0.140 e. The second-order valence-corrected chi connectivity index (χ2v) is 2.31. The summed E-state index contributed by atoms with van der Waals surface area (Å²) in [6.07, 6.45) is 0.582. The molecule has 4 heteroatoms. The topological polar surface area (TPSA) is 60.2 Å². The fourth-order valence-electron chi connectivity index (χ4n) is 0.220. The molecule has 44 valence electrons. The van der Waals surface area contributed by atoms with Crippen LogP contribution in [-0.4, -0.2) is 20.7 Å². The molecule has 0 heterocycles. The van der Waals surface area contributed by atoms with Crippen molar-refractivity contribution in [3.05, 3.63) is 0 Å². The highest BCUT2D eigenvalue weighted by atomic mass is 32.2. The van der Waals surface area contributed by atoms with E-state index in [1.165, 1.54) is 0 Å². The minimum Gasteiger partial charge on any atom is -0.330 e. The van der Waals surface area contributed by atoms with Gasteiger partial charge >= 0.3 is 0 Å². The highest BCUT2D eigenvalue weighted by molar-refractivity contribution is 7.72. The van der Waals surface area contributed by atoms with Gasteiger partial charge in [-0.3, -0.25) is 0 Å². The second-order valence-electron chi connectivity index (χ2n) is 1.20. The first-order valence-electron chi connectivity index (χ1n) is 2.09. The Bertz CT molecular complexity index is 91.1. The summed E-state index contributed by atoms with van der Waals surface area (Å²) in [5.41, 5.74) is 5.01. The van der Waals surface area contributed by atoms with Crippen molar-refractivity contribution >= 4 is 10.7 Å². The normalized spacial score (nSPS) is 10.0. The lowest BCUT2D eigenvalue weighted by atomic mass is 10.5. The third-order valence-electron chi connectivity index (χ3n) is 0.545. The molecular weight excluding hydrogens is 114 g/mol. The van der Waals surface area contributed by atoms with Crippen molar-refractivity contribution in [2.45, 2.75) is 6.42 Å². The van der Waals surface area contributed by atoms with Gasteiger partial charge in [-0.05, 0) is 13.0 Å². The van der Waals surface area contributed by atoms with Crippen LogP contribution in [0.4, 0.5) is 0 Å². The largest absolute Gasteiger partial charge is 0.330 e. The minimum atomic E-state index is -2.19. The van der Waals surface area contributed by atoms with Crippen LogP contribution in [0.2, 0.25) is 0 Å². The maximum atomic E-state index is 9.74. The van der Waals surface area contributed by atoms with Crippen molar-refractivity contribution in [1.29, 1.82) is 0 Å². The number of rotatable bonds is 3. The van der Waals surface area contributed by atoms with E-state index in [0.29, 0.717) is 13.0 Å². The smallest absolute Gasteiger partial charge is 0.140 e. The van der Waals surface area contributed by atoms with Crippen LogP contribution >= 0.6 is 0 Å². The molecule has 0 atom stereocenters. The van der Waals surface area contributed by atoms with Crippen LogP contribution in [0, 0.1) is 0 Å². The van der Waals surface area contributed by atoms with Gasteiger partial charge in [-0.1, -0.05) is 0 Å². The molecule has 0 aromatic rings. The summed E-state index contributed by atoms with van der Waals surface area (Å²) in [6.45, 7) is 0.462. The molecule has 0 aliphatic heterocycles. The molecule has 0 aromatic carbocycles. The van der Waals surface area contributed by atoms with E-state index in [1.54, 1.807) is 0 Å². The van der Waals surface area contributed by atoms with Crippen LogP contribution in [0.1, 0.15) is 6.42 Å². The number of hydrogen-bond donors (Lipinski definition) is 2. The molecule has 0 bridgehead atoms. The van der Waals surface area contributed by atoms with E-state index in [2.05, 4.69) is 0 Å². The molecule has 0 saturated heterocycles. The highest BCUT2D eigenvalue weighted by Gasteiger charge is 1.81. The van der Waals surface area contributed by atoms with Crippen molar-refractivity contribution < 1.29 is 8.42 Å². The van der Waals surface area contributed by atoms with Gasteiger partial charge in [0.15, 0.2) is 0 Å². The Balaban J connectivity index is 2.98. The molecular formula is C3H9NO2S. The first-order valence-corrected chi connectivity index (χ1v) is 3.45. The predicted octanol–water partition coefficient (Wildman–Crippen LogP) is -1.05. The van der Waals surface area contributed by atoms with E-state index in [4.69, 9.17) is 5.73 Å². The van der Waals surface area contributed by atoms with Gasteiger partial charge in [0.25, 0.3) is 0 Å². The van der Waals surface area contributed by atoms with E-state index in [1.807, 2.05) is 0 Å². The molecule has 2 N–H and O–H groups in total. The zero-order valence-electron chi connectivity index (χ0n) is 3.96.